The van der Waals surface area contributed by atoms with E-state index in [9.17, 15) is 19.1 Å². The molecule has 1 aliphatic rings. The quantitative estimate of drug-likeness (QED) is 0.464. The van der Waals surface area contributed by atoms with Crippen LogP contribution in [-0.2, 0) is 9.59 Å². The third-order valence-electron chi connectivity index (χ3n) is 4.84. The second-order valence-electron chi connectivity index (χ2n) is 6.63. The van der Waals surface area contributed by atoms with Crippen molar-refractivity contribution < 1.29 is 23.8 Å². The molecule has 1 aliphatic heterocycles. The Morgan fingerprint density at radius 2 is 1.75 bits per heavy atom. The van der Waals surface area contributed by atoms with Gasteiger partial charge in [0.15, 0.2) is 0 Å². The van der Waals surface area contributed by atoms with Crippen LogP contribution in [0.1, 0.15) is 36.9 Å². The maximum atomic E-state index is 13.4. The van der Waals surface area contributed by atoms with Gasteiger partial charge in [-0.05, 0) is 48.4 Å². The van der Waals surface area contributed by atoms with E-state index >= 15 is 0 Å². The predicted octanol–water partition coefficient (Wildman–Crippen LogP) is 4.06. The third-order valence-corrected chi connectivity index (χ3v) is 4.84. The zero-order valence-corrected chi connectivity index (χ0v) is 15.8. The van der Waals surface area contributed by atoms with Crippen LogP contribution in [0.4, 0.5) is 4.39 Å². The van der Waals surface area contributed by atoms with Crippen LogP contribution in [0.15, 0.2) is 54.1 Å². The van der Waals surface area contributed by atoms with E-state index in [0.717, 1.165) is 6.42 Å². The molecule has 0 spiro atoms. The van der Waals surface area contributed by atoms with Gasteiger partial charge in [0.25, 0.3) is 11.7 Å². The number of nitrogens with zero attached hydrogens (tertiary/aromatic N) is 1. The van der Waals surface area contributed by atoms with Crippen molar-refractivity contribution in [2.45, 2.75) is 25.8 Å². The van der Waals surface area contributed by atoms with Gasteiger partial charge in [0.2, 0.25) is 0 Å². The summed E-state index contributed by atoms with van der Waals surface area (Å²) in [5.41, 5.74) is 0.992. The minimum Gasteiger partial charge on any atom is -0.507 e. The fraction of sp³-hybridized carbons (Fsp3) is 0.273. The van der Waals surface area contributed by atoms with E-state index in [1.807, 2.05) is 6.92 Å². The third kappa shape index (κ3) is 3.63. The number of hydrogen-bond donors (Lipinski definition) is 1. The molecule has 0 aliphatic carbocycles. The number of methoxy groups -OCH3 is 1. The maximum absolute atomic E-state index is 13.4. The molecule has 1 unspecified atom stereocenters. The van der Waals surface area contributed by atoms with Crippen molar-refractivity contribution in [3.05, 3.63) is 71.0 Å². The molecular formula is C22H22FNO4. The summed E-state index contributed by atoms with van der Waals surface area (Å²) >= 11 is 0. The molecule has 28 heavy (non-hydrogen) atoms. The average molecular weight is 383 g/mol. The minimum atomic E-state index is -0.755. The maximum Gasteiger partial charge on any atom is 0.295 e. The van der Waals surface area contributed by atoms with Gasteiger partial charge < -0.3 is 14.7 Å². The van der Waals surface area contributed by atoms with Crippen molar-refractivity contribution in [1.29, 1.82) is 0 Å². The lowest BCUT2D eigenvalue weighted by molar-refractivity contribution is -0.139. The van der Waals surface area contributed by atoms with Crippen LogP contribution in [0.25, 0.3) is 5.76 Å². The second-order valence-corrected chi connectivity index (χ2v) is 6.63. The Labute approximate surface area is 163 Å². The summed E-state index contributed by atoms with van der Waals surface area (Å²) in [6.45, 7) is 2.36. The lowest BCUT2D eigenvalue weighted by Crippen LogP contribution is -2.30. The van der Waals surface area contributed by atoms with Gasteiger partial charge in [-0.15, -0.1) is 0 Å². The highest BCUT2D eigenvalue weighted by molar-refractivity contribution is 6.46. The van der Waals surface area contributed by atoms with Crippen LogP contribution in [0.2, 0.25) is 0 Å². The Balaban J connectivity index is 2.12. The zero-order valence-electron chi connectivity index (χ0n) is 15.8. The lowest BCUT2D eigenvalue weighted by Gasteiger charge is -2.25. The Kier molecular flexibility index (Phi) is 5.78. The summed E-state index contributed by atoms with van der Waals surface area (Å²) in [4.78, 5) is 26.9. The van der Waals surface area contributed by atoms with Gasteiger partial charge in [-0.2, -0.15) is 0 Å². The molecule has 146 valence electrons. The van der Waals surface area contributed by atoms with Gasteiger partial charge in [-0.1, -0.05) is 25.5 Å². The fourth-order valence-electron chi connectivity index (χ4n) is 3.34. The largest absolute Gasteiger partial charge is 0.507 e. The lowest BCUT2D eigenvalue weighted by atomic mass is 9.95. The number of likely N-dealkylation sites (tertiary alicyclic amines) is 1. The Morgan fingerprint density at radius 1 is 1.11 bits per heavy atom. The van der Waals surface area contributed by atoms with Crippen molar-refractivity contribution in [1.82, 2.24) is 4.90 Å². The van der Waals surface area contributed by atoms with E-state index in [4.69, 9.17) is 4.74 Å². The number of ketones is 1. The van der Waals surface area contributed by atoms with Crippen molar-refractivity contribution in [2.75, 3.05) is 13.7 Å². The molecule has 0 aromatic heterocycles. The predicted molar refractivity (Wildman–Crippen MR) is 103 cm³/mol. The SMILES string of the molecule is CCCCN1C(=O)C(=O)/C(=C(/O)c2ccc(OC)cc2)C1c1ccc(F)cc1. The van der Waals surface area contributed by atoms with Crippen LogP contribution in [0, 0.1) is 5.82 Å². The summed E-state index contributed by atoms with van der Waals surface area (Å²) < 4.78 is 18.5. The van der Waals surface area contributed by atoms with E-state index in [1.54, 1.807) is 24.3 Å². The van der Waals surface area contributed by atoms with Gasteiger partial charge in [-0.3, -0.25) is 9.59 Å². The molecule has 1 N–H and O–H groups in total. The second kappa shape index (κ2) is 8.25. The first-order valence-electron chi connectivity index (χ1n) is 9.16. The van der Waals surface area contributed by atoms with Crippen LogP contribution in [0.3, 0.4) is 0 Å². The van der Waals surface area contributed by atoms with Crippen molar-refractivity contribution in [2.24, 2.45) is 0 Å². The number of benzene rings is 2. The van der Waals surface area contributed by atoms with Crippen LogP contribution in [0.5, 0.6) is 5.75 Å². The summed E-state index contributed by atoms with van der Waals surface area (Å²) in [7, 11) is 1.53. The van der Waals surface area contributed by atoms with Crippen molar-refractivity contribution in [3.63, 3.8) is 0 Å². The van der Waals surface area contributed by atoms with E-state index in [1.165, 1.54) is 36.3 Å². The standard InChI is InChI=1S/C22H22FNO4/c1-3-4-13-24-19(14-5-9-16(23)10-6-14)18(21(26)22(24)27)20(25)15-7-11-17(28-2)12-8-15/h5-12,19,25H,3-4,13H2,1-2H3/b20-18+. The number of rotatable bonds is 6. The molecule has 1 atom stereocenters. The Morgan fingerprint density at radius 3 is 2.32 bits per heavy atom. The number of Topliss-reactive ketones (excluding diaryl/α,β-unsaturated/α-hetero) is 1. The molecule has 1 saturated heterocycles. The summed E-state index contributed by atoms with van der Waals surface area (Å²) in [6, 6.07) is 11.4. The first-order valence-corrected chi connectivity index (χ1v) is 9.16. The van der Waals surface area contributed by atoms with E-state index < -0.39 is 23.5 Å². The highest BCUT2D eigenvalue weighted by atomic mass is 19.1. The van der Waals surface area contributed by atoms with Crippen LogP contribution < -0.4 is 4.74 Å². The summed E-state index contributed by atoms with van der Waals surface area (Å²) in [5.74, 6) is -1.45. The monoisotopic (exact) mass is 383 g/mol. The van der Waals surface area contributed by atoms with Crippen LogP contribution in [-0.4, -0.2) is 35.4 Å². The number of aliphatic hydroxyl groups is 1. The topological polar surface area (TPSA) is 66.8 Å². The highest BCUT2D eigenvalue weighted by Gasteiger charge is 2.45. The molecule has 6 heteroatoms. The van der Waals surface area contributed by atoms with Gasteiger partial charge >= 0.3 is 0 Å². The molecule has 1 heterocycles. The first-order chi connectivity index (χ1) is 13.5. The van der Waals surface area contributed by atoms with Gasteiger partial charge in [0.1, 0.15) is 17.3 Å². The number of halogens is 1. The first kappa shape index (κ1) is 19.6. The molecule has 0 saturated carbocycles. The molecule has 5 nitrogen and oxygen atoms in total. The number of amides is 1. The number of unbranched alkanes of at least 4 members (excludes halogenated alkanes) is 1. The minimum absolute atomic E-state index is 0.0119. The smallest absolute Gasteiger partial charge is 0.295 e. The number of ether oxygens (including phenoxy) is 1. The van der Waals surface area contributed by atoms with Crippen molar-refractivity contribution >= 4 is 17.4 Å². The van der Waals surface area contributed by atoms with Gasteiger partial charge in [-0.25, -0.2) is 4.39 Å². The van der Waals surface area contributed by atoms with Crippen molar-refractivity contribution in [3.8, 4) is 5.75 Å². The Bertz CT molecular complexity index is 903. The molecule has 1 amide bonds. The molecule has 2 aromatic carbocycles. The van der Waals surface area contributed by atoms with Gasteiger partial charge in [0.05, 0.1) is 18.7 Å². The molecule has 0 radical (unpaired) electrons. The zero-order chi connectivity index (χ0) is 20.3. The number of carbonyl (C=O) groups is 2. The molecule has 3 rings (SSSR count). The highest BCUT2D eigenvalue weighted by Crippen LogP contribution is 2.39. The van der Waals surface area contributed by atoms with E-state index in [2.05, 4.69) is 0 Å². The van der Waals surface area contributed by atoms with E-state index in [-0.39, 0.29) is 11.3 Å². The molecule has 2 aromatic rings. The Hall–Kier alpha value is -3.15. The van der Waals surface area contributed by atoms with E-state index in [0.29, 0.717) is 29.8 Å². The molecule has 1 fully saturated rings. The summed E-state index contributed by atoms with van der Waals surface area (Å²) in [5, 5.41) is 10.9. The number of carbonyl (C=O) groups excluding carboxylic acids is 2. The summed E-state index contributed by atoms with van der Waals surface area (Å²) in [6.07, 6.45) is 1.56. The van der Waals surface area contributed by atoms with Crippen LogP contribution >= 0.6 is 0 Å². The average Bonchev–Trinajstić information content (AvgIpc) is 2.97. The number of hydrogen-bond acceptors (Lipinski definition) is 4. The fourth-order valence-corrected chi connectivity index (χ4v) is 3.34. The molecular weight excluding hydrogens is 361 g/mol. The number of aliphatic hydroxyl groups excluding tert-OH is 1. The van der Waals surface area contributed by atoms with Gasteiger partial charge in [0, 0.05) is 12.1 Å². The normalized spacial score (nSPS) is 18.5. The molecule has 0 bridgehead atoms.